The molecule has 11 heteroatoms. The third-order valence-corrected chi connectivity index (χ3v) is 6.19. The molecule has 0 radical (unpaired) electrons. The Morgan fingerprint density at radius 2 is 1.88 bits per heavy atom. The van der Waals surface area contributed by atoms with Crippen molar-refractivity contribution < 1.29 is 19.3 Å². The number of rotatable bonds is 9. The number of hydrogen-bond acceptors (Lipinski definition) is 8. The molecule has 1 aromatic heterocycles. The van der Waals surface area contributed by atoms with E-state index >= 15 is 0 Å². The zero-order chi connectivity index (χ0) is 23.1. The first kappa shape index (κ1) is 22.7. The summed E-state index contributed by atoms with van der Waals surface area (Å²) in [5, 5.41) is 26.6. The number of nitro benzene ring substituents is 2. The number of benzene rings is 2. The second-order valence-electron chi connectivity index (χ2n) is 6.24. The van der Waals surface area contributed by atoms with Gasteiger partial charge in [-0.05, 0) is 0 Å². The summed E-state index contributed by atoms with van der Waals surface area (Å²) in [6.07, 6.45) is 3.59. The van der Waals surface area contributed by atoms with Gasteiger partial charge < -0.3 is 0 Å². The van der Waals surface area contributed by atoms with Crippen molar-refractivity contribution >= 4 is 43.4 Å². The molecule has 0 saturated carbocycles. The van der Waals surface area contributed by atoms with Crippen LogP contribution in [0.25, 0.3) is 6.08 Å². The van der Waals surface area contributed by atoms with E-state index in [4.69, 9.17) is 9.47 Å². The Morgan fingerprint density at radius 1 is 1.06 bits per heavy atom. The van der Waals surface area contributed by atoms with Crippen LogP contribution in [0, 0.1) is 20.2 Å². The zero-order valence-electron chi connectivity index (χ0n) is 17.1. The quantitative estimate of drug-likeness (QED) is 0.202. The van der Waals surface area contributed by atoms with E-state index in [-0.39, 0.29) is 25.9 Å². The van der Waals surface area contributed by atoms with Crippen molar-refractivity contribution in [1.82, 2.24) is 0 Å². The van der Waals surface area contributed by atoms with Crippen LogP contribution in [-0.2, 0) is 0 Å². The van der Waals surface area contributed by atoms with Crippen LogP contribution in [0.5, 0.6) is 11.5 Å². The minimum absolute atomic E-state index is 0.0487. The number of nitrogens with one attached hydrogen (secondary N) is 1. The molecule has 0 fully saturated rings. The third-order valence-electron chi connectivity index (χ3n) is 4.32. The molecule has 10 nitrogen and oxygen atoms in total. The molecular formula is C21H18N4O6Se. The molecule has 1 N–H and O–H groups in total. The van der Waals surface area contributed by atoms with E-state index in [1.165, 1.54) is 12.1 Å². The van der Waals surface area contributed by atoms with Crippen LogP contribution in [0.4, 0.5) is 17.1 Å². The predicted octanol–water partition coefficient (Wildman–Crippen LogP) is 4.11. The summed E-state index contributed by atoms with van der Waals surface area (Å²) in [5.41, 5.74) is 3.29. The van der Waals surface area contributed by atoms with Crippen LogP contribution < -0.4 is 14.9 Å². The van der Waals surface area contributed by atoms with Crippen molar-refractivity contribution in [3.05, 3.63) is 89.8 Å². The molecule has 0 aliphatic rings. The Balaban J connectivity index is 1.95. The van der Waals surface area contributed by atoms with Gasteiger partial charge in [-0.25, -0.2) is 0 Å². The zero-order valence-corrected chi connectivity index (χ0v) is 18.8. The number of nitrogens with zero attached hydrogens (tertiary/aromatic N) is 3. The van der Waals surface area contributed by atoms with Crippen LogP contribution in [0.1, 0.15) is 10.0 Å². The minimum atomic E-state index is -0.692. The first-order valence-electron chi connectivity index (χ1n) is 9.13. The van der Waals surface area contributed by atoms with Gasteiger partial charge in [-0.3, -0.25) is 0 Å². The maximum absolute atomic E-state index is 11.4. The summed E-state index contributed by atoms with van der Waals surface area (Å²) in [6.45, 7) is 0. The Hall–Kier alpha value is -3.95. The van der Waals surface area contributed by atoms with E-state index in [1.807, 2.05) is 29.2 Å². The summed E-state index contributed by atoms with van der Waals surface area (Å²) in [4.78, 5) is 22.9. The molecule has 0 aliphatic heterocycles. The molecule has 3 rings (SSSR count). The Kier molecular flexibility index (Phi) is 7.37. The van der Waals surface area contributed by atoms with E-state index in [9.17, 15) is 20.2 Å². The van der Waals surface area contributed by atoms with Crippen molar-refractivity contribution in [2.24, 2.45) is 5.10 Å². The molecule has 0 atom stereocenters. The maximum atomic E-state index is 11.4. The second kappa shape index (κ2) is 10.4. The van der Waals surface area contributed by atoms with Crippen molar-refractivity contribution in [1.29, 1.82) is 0 Å². The number of hydrogen-bond donors (Lipinski definition) is 1. The van der Waals surface area contributed by atoms with Crippen molar-refractivity contribution in [2.75, 3.05) is 19.6 Å². The standard InChI is InChI=1S/C21H18N4O6Se/c1-30-16-8-5-14(20(13-16)31-2)6-9-18(21-4-3-11-32-21)23-22-17-10-7-15(24(26)27)12-19(17)25(28)29/h3-13,22H,1-2H3. The van der Waals surface area contributed by atoms with Crippen molar-refractivity contribution in [3.63, 3.8) is 0 Å². The van der Waals surface area contributed by atoms with Gasteiger partial charge in [-0.1, -0.05) is 0 Å². The Morgan fingerprint density at radius 3 is 2.50 bits per heavy atom. The Bertz CT molecular complexity index is 1190. The summed E-state index contributed by atoms with van der Waals surface area (Å²) >= 11 is 0.0518. The molecule has 1 heterocycles. The number of nitro groups is 2. The molecule has 0 bridgehead atoms. The van der Waals surface area contributed by atoms with E-state index < -0.39 is 15.5 Å². The van der Waals surface area contributed by atoms with E-state index in [2.05, 4.69) is 10.5 Å². The molecule has 3 aromatic rings. The molecule has 0 amide bonds. The molecule has 32 heavy (non-hydrogen) atoms. The number of methoxy groups -OCH3 is 2. The monoisotopic (exact) mass is 502 g/mol. The topological polar surface area (TPSA) is 129 Å². The van der Waals surface area contributed by atoms with Gasteiger partial charge in [-0.2, -0.15) is 0 Å². The fraction of sp³-hybridized carbons (Fsp3) is 0.0952. The van der Waals surface area contributed by atoms with Gasteiger partial charge in [0.05, 0.1) is 0 Å². The normalized spacial score (nSPS) is 11.4. The SMILES string of the molecule is COc1ccc(C=CC(=NNc2ccc([N+](=O)[O-])cc2[N+](=O)[O-])c2ccc[se]2)c(OC)c1. The van der Waals surface area contributed by atoms with E-state index in [0.29, 0.717) is 17.2 Å². The van der Waals surface area contributed by atoms with E-state index in [1.54, 1.807) is 32.4 Å². The second-order valence-corrected chi connectivity index (χ2v) is 8.23. The summed E-state index contributed by atoms with van der Waals surface area (Å²) in [6, 6.07) is 12.6. The molecule has 164 valence electrons. The van der Waals surface area contributed by atoms with Gasteiger partial charge >= 0.3 is 189 Å². The number of anilines is 1. The molecular weight excluding hydrogens is 483 g/mol. The van der Waals surface area contributed by atoms with Gasteiger partial charge in [0.25, 0.3) is 0 Å². The fourth-order valence-corrected chi connectivity index (χ4v) is 4.18. The first-order valence-corrected chi connectivity index (χ1v) is 11.0. The number of non-ortho nitro benzene ring substituents is 1. The summed E-state index contributed by atoms with van der Waals surface area (Å²) < 4.78 is 11.6. The van der Waals surface area contributed by atoms with Gasteiger partial charge in [0.15, 0.2) is 0 Å². The van der Waals surface area contributed by atoms with Gasteiger partial charge in [0.1, 0.15) is 0 Å². The fourth-order valence-electron chi connectivity index (χ4n) is 2.72. The van der Waals surface area contributed by atoms with Crippen LogP contribution in [0.3, 0.4) is 0 Å². The van der Waals surface area contributed by atoms with Crippen LogP contribution in [-0.4, -0.2) is 44.3 Å². The molecule has 0 unspecified atom stereocenters. The first-order chi connectivity index (χ1) is 15.4. The van der Waals surface area contributed by atoms with Crippen molar-refractivity contribution in [3.8, 4) is 11.5 Å². The van der Waals surface area contributed by atoms with Gasteiger partial charge in [0, 0.05) is 0 Å². The molecule has 0 saturated heterocycles. The summed E-state index contributed by atoms with van der Waals surface area (Å²) in [5.74, 6) is 1.27. The average Bonchev–Trinajstić information content (AvgIpc) is 3.33. The average molecular weight is 501 g/mol. The van der Waals surface area contributed by atoms with Crippen LogP contribution in [0.2, 0.25) is 0 Å². The number of hydrazone groups is 1. The predicted molar refractivity (Wildman–Crippen MR) is 122 cm³/mol. The van der Waals surface area contributed by atoms with Gasteiger partial charge in [0.2, 0.25) is 0 Å². The van der Waals surface area contributed by atoms with Crippen LogP contribution >= 0.6 is 0 Å². The Labute approximate surface area is 188 Å². The summed E-state index contributed by atoms with van der Waals surface area (Å²) in [7, 11) is 3.13. The number of ether oxygens (including phenoxy) is 2. The van der Waals surface area contributed by atoms with E-state index in [0.717, 1.165) is 16.1 Å². The molecule has 2 aromatic carbocycles. The number of allylic oxidation sites excluding steroid dienone is 1. The molecule has 0 aliphatic carbocycles. The van der Waals surface area contributed by atoms with Crippen LogP contribution in [0.15, 0.2) is 64.6 Å². The van der Waals surface area contributed by atoms with Gasteiger partial charge in [-0.15, -0.1) is 0 Å². The van der Waals surface area contributed by atoms with Crippen molar-refractivity contribution in [2.45, 2.75) is 0 Å². The third kappa shape index (κ3) is 5.39. The molecule has 0 spiro atoms.